The standard InChI is InChI=1S/C27H30N2O3S/c1-2-32-23-16-14-22(15-17-23)29(25(30)19-24-13-8-18-33-24)26(20-9-4-3-5-10-20)27(31)28-21-11-6-7-12-21/h3-5,8-10,13-18,21,26H,2,6-7,11-12,19H2,1H3,(H,28,31)/t26-/m0/s1. The summed E-state index contributed by atoms with van der Waals surface area (Å²) in [4.78, 5) is 30.0. The van der Waals surface area contributed by atoms with Crippen LogP contribution in [0, 0.1) is 0 Å². The van der Waals surface area contributed by atoms with Crippen molar-refractivity contribution in [2.45, 2.75) is 51.1 Å². The molecule has 1 N–H and O–H groups in total. The molecule has 3 aromatic rings. The van der Waals surface area contributed by atoms with Crippen LogP contribution in [0.2, 0.25) is 0 Å². The summed E-state index contributed by atoms with van der Waals surface area (Å²) in [6, 6.07) is 20.3. The molecule has 6 heteroatoms. The number of benzene rings is 2. The molecule has 2 aromatic carbocycles. The largest absolute Gasteiger partial charge is 0.494 e. The number of carbonyl (C=O) groups excluding carboxylic acids is 2. The lowest BCUT2D eigenvalue weighted by Gasteiger charge is -2.32. The number of hydrogen-bond donors (Lipinski definition) is 1. The van der Waals surface area contributed by atoms with E-state index in [1.54, 1.807) is 16.2 Å². The molecule has 1 aliphatic carbocycles. The van der Waals surface area contributed by atoms with Gasteiger partial charge in [0.2, 0.25) is 11.8 Å². The maximum absolute atomic E-state index is 13.7. The van der Waals surface area contributed by atoms with Crippen LogP contribution in [0.25, 0.3) is 0 Å². The highest BCUT2D eigenvalue weighted by molar-refractivity contribution is 7.10. The first-order valence-corrected chi connectivity index (χ1v) is 12.5. The summed E-state index contributed by atoms with van der Waals surface area (Å²) in [7, 11) is 0. The first-order chi connectivity index (χ1) is 16.2. The number of anilines is 1. The Kier molecular flexibility index (Phi) is 7.79. The van der Waals surface area contributed by atoms with Gasteiger partial charge < -0.3 is 10.1 Å². The number of nitrogens with zero attached hydrogens (tertiary/aromatic N) is 1. The van der Waals surface area contributed by atoms with Crippen LogP contribution >= 0.6 is 11.3 Å². The Morgan fingerprint density at radius 2 is 1.76 bits per heavy atom. The van der Waals surface area contributed by atoms with Gasteiger partial charge in [0.05, 0.1) is 13.0 Å². The fourth-order valence-corrected chi connectivity index (χ4v) is 5.05. The summed E-state index contributed by atoms with van der Waals surface area (Å²) in [6.45, 7) is 2.50. The van der Waals surface area contributed by atoms with E-state index in [-0.39, 0.29) is 24.3 Å². The van der Waals surface area contributed by atoms with Gasteiger partial charge in [-0.25, -0.2) is 0 Å². The quantitative estimate of drug-likeness (QED) is 0.455. The Labute approximate surface area is 199 Å². The van der Waals surface area contributed by atoms with E-state index in [1.807, 2.05) is 79.0 Å². The van der Waals surface area contributed by atoms with Crippen molar-refractivity contribution in [2.75, 3.05) is 11.5 Å². The monoisotopic (exact) mass is 462 g/mol. The highest BCUT2D eigenvalue weighted by atomic mass is 32.1. The topological polar surface area (TPSA) is 58.6 Å². The third-order valence-corrected chi connectivity index (χ3v) is 6.80. The molecule has 33 heavy (non-hydrogen) atoms. The molecular formula is C27H30N2O3S. The Morgan fingerprint density at radius 1 is 1.03 bits per heavy atom. The second kappa shape index (κ2) is 11.1. The predicted octanol–water partition coefficient (Wildman–Crippen LogP) is 5.52. The number of nitrogens with one attached hydrogen (secondary N) is 1. The second-order valence-electron chi connectivity index (χ2n) is 8.25. The van der Waals surface area contributed by atoms with E-state index in [4.69, 9.17) is 4.74 Å². The van der Waals surface area contributed by atoms with E-state index in [2.05, 4.69) is 5.32 Å². The normalized spacial score (nSPS) is 14.6. The van der Waals surface area contributed by atoms with Crippen LogP contribution in [0.15, 0.2) is 72.1 Å². The van der Waals surface area contributed by atoms with E-state index in [9.17, 15) is 9.59 Å². The minimum Gasteiger partial charge on any atom is -0.494 e. The minimum atomic E-state index is -0.753. The fourth-order valence-electron chi connectivity index (χ4n) is 4.36. The lowest BCUT2D eigenvalue weighted by molar-refractivity contribution is -0.127. The summed E-state index contributed by atoms with van der Waals surface area (Å²) in [5.41, 5.74) is 1.47. The highest BCUT2D eigenvalue weighted by Gasteiger charge is 2.34. The predicted molar refractivity (Wildman–Crippen MR) is 133 cm³/mol. The number of amides is 2. The zero-order chi connectivity index (χ0) is 23.0. The smallest absolute Gasteiger partial charge is 0.248 e. The van der Waals surface area contributed by atoms with Crippen molar-refractivity contribution in [1.82, 2.24) is 5.32 Å². The molecule has 0 aliphatic heterocycles. The number of rotatable bonds is 9. The van der Waals surface area contributed by atoms with Crippen molar-refractivity contribution in [3.05, 3.63) is 82.6 Å². The van der Waals surface area contributed by atoms with Gasteiger partial charge in [0.15, 0.2) is 0 Å². The van der Waals surface area contributed by atoms with Gasteiger partial charge >= 0.3 is 0 Å². The molecule has 0 unspecified atom stereocenters. The summed E-state index contributed by atoms with van der Waals surface area (Å²) in [5.74, 6) is 0.483. The number of thiophene rings is 1. The van der Waals surface area contributed by atoms with Crippen LogP contribution in [0.1, 0.15) is 49.1 Å². The average Bonchev–Trinajstić information content (AvgIpc) is 3.53. The lowest BCUT2D eigenvalue weighted by Crippen LogP contribution is -2.46. The van der Waals surface area contributed by atoms with Crippen molar-refractivity contribution in [2.24, 2.45) is 0 Å². The van der Waals surface area contributed by atoms with Gasteiger partial charge in [0.1, 0.15) is 11.8 Å². The fraction of sp³-hybridized carbons (Fsp3) is 0.333. The molecule has 1 heterocycles. The molecular weight excluding hydrogens is 432 g/mol. The Morgan fingerprint density at radius 3 is 2.39 bits per heavy atom. The van der Waals surface area contributed by atoms with E-state index in [1.165, 1.54) is 0 Å². The van der Waals surface area contributed by atoms with Gasteiger partial charge in [-0.05, 0) is 61.0 Å². The summed E-state index contributed by atoms with van der Waals surface area (Å²) in [6.07, 6.45) is 4.46. The first kappa shape index (κ1) is 23.1. The van der Waals surface area contributed by atoms with Gasteiger partial charge in [0.25, 0.3) is 0 Å². The first-order valence-electron chi connectivity index (χ1n) is 11.6. The molecule has 1 atom stereocenters. The van der Waals surface area contributed by atoms with E-state index < -0.39 is 6.04 Å². The van der Waals surface area contributed by atoms with Crippen LogP contribution < -0.4 is 15.0 Å². The summed E-state index contributed by atoms with van der Waals surface area (Å²) < 4.78 is 5.59. The molecule has 1 saturated carbocycles. The number of ether oxygens (including phenoxy) is 1. The molecule has 0 bridgehead atoms. The van der Waals surface area contributed by atoms with Crippen molar-refractivity contribution in [1.29, 1.82) is 0 Å². The zero-order valence-corrected chi connectivity index (χ0v) is 19.7. The van der Waals surface area contributed by atoms with E-state index in [0.717, 1.165) is 41.9 Å². The van der Waals surface area contributed by atoms with E-state index >= 15 is 0 Å². The maximum atomic E-state index is 13.7. The number of carbonyl (C=O) groups is 2. The van der Waals surface area contributed by atoms with Crippen molar-refractivity contribution in [3.8, 4) is 5.75 Å². The molecule has 1 aromatic heterocycles. The minimum absolute atomic E-state index is 0.114. The summed E-state index contributed by atoms with van der Waals surface area (Å²) >= 11 is 1.55. The van der Waals surface area contributed by atoms with Crippen molar-refractivity contribution < 1.29 is 14.3 Å². The number of hydrogen-bond acceptors (Lipinski definition) is 4. The molecule has 1 fully saturated rings. The Balaban J connectivity index is 1.72. The van der Waals surface area contributed by atoms with Crippen LogP contribution in [0.5, 0.6) is 5.75 Å². The molecule has 172 valence electrons. The third-order valence-electron chi connectivity index (χ3n) is 5.92. The van der Waals surface area contributed by atoms with Gasteiger partial charge in [0, 0.05) is 16.6 Å². The van der Waals surface area contributed by atoms with Gasteiger partial charge in [-0.1, -0.05) is 49.2 Å². The van der Waals surface area contributed by atoms with Crippen molar-refractivity contribution in [3.63, 3.8) is 0 Å². The maximum Gasteiger partial charge on any atom is 0.248 e. The van der Waals surface area contributed by atoms with Crippen LogP contribution in [0.3, 0.4) is 0 Å². The van der Waals surface area contributed by atoms with Crippen LogP contribution in [0.4, 0.5) is 5.69 Å². The van der Waals surface area contributed by atoms with Crippen LogP contribution in [-0.2, 0) is 16.0 Å². The second-order valence-corrected chi connectivity index (χ2v) is 9.28. The molecule has 0 spiro atoms. The molecule has 1 aliphatic rings. The van der Waals surface area contributed by atoms with Crippen molar-refractivity contribution >= 4 is 28.8 Å². The molecule has 4 rings (SSSR count). The Hall–Kier alpha value is -3.12. The van der Waals surface area contributed by atoms with E-state index in [0.29, 0.717) is 12.3 Å². The molecule has 2 amide bonds. The molecule has 0 radical (unpaired) electrons. The van der Waals surface area contributed by atoms with Crippen LogP contribution in [-0.4, -0.2) is 24.5 Å². The average molecular weight is 463 g/mol. The SMILES string of the molecule is CCOc1ccc(N(C(=O)Cc2cccs2)[C@H](C(=O)NC2CCCC2)c2ccccc2)cc1. The summed E-state index contributed by atoms with van der Waals surface area (Å²) in [5, 5.41) is 5.18. The highest BCUT2D eigenvalue weighted by Crippen LogP contribution is 2.31. The molecule has 5 nitrogen and oxygen atoms in total. The zero-order valence-electron chi connectivity index (χ0n) is 18.9. The van der Waals surface area contributed by atoms with Gasteiger partial charge in [-0.3, -0.25) is 14.5 Å². The lowest BCUT2D eigenvalue weighted by atomic mass is 10.0. The Bertz CT molecular complexity index is 1030. The van der Waals surface area contributed by atoms with Gasteiger partial charge in [-0.2, -0.15) is 0 Å². The van der Waals surface area contributed by atoms with Gasteiger partial charge in [-0.15, -0.1) is 11.3 Å². The molecule has 0 saturated heterocycles. The third kappa shape index (κ3) is 5.82.